The summed E-state index contributed by atoms with van der Waals surface area (Å²) < 4.78 is 0. The summed E-state index contributed by atoms with van der Waals surface area (Å²) in [5.41, 5.74) is 5.90. The van der Waals surface area contributed by atoms with Crippen LogP contribution in [-0.2, 0) is 22.6 Å². The van der Waals surface area contributed by atoms with Gasteiger partial charge in [0.2, 0.25) is 0 Å². The lowest BCUT2D eigenvalue weighted by atomic mass is 10.1. The molecule has 5 N–H and O–H groups in total. The fourth-order valence-electron chi connectivity index (χ4n) is 3.80. The molecule has 0 aliphatic carbocycles. The number of amides is 2. The molecule has 11 heteroatoms. The number of anilines is 2. The fraction of sp³-hybridized carbons (Fsp3) is 0.409. The van der Waals surface area contributed by atoms with E-state index in [9.17, 15) is 19.8 Å². The number of aromatic nitrogens is 1. The highest BCUT2D eigenvalue weighted by molar-refractivity contribution is 7.15. The van der Waals surface area contributed by atoms with Gasteiger partial charge in [-0.1, -0.05) is 29.5 Å². The number of carbonyl (C=O) groups is 2. The summed E-state index contributed by atoms with van der Waals surface area (Å²) in [5, 5.41) is 29.1. The van der Waals surface area contributed by atoms with Crippen LogP contribution in [0.3, 0.4) is 0 Å². The minimum atomic E-state index is -1.87. The van der Waals surface area contributed by atoms with E-state index in [-0.39, 0.29) is 0 Å². The van der Waals surface area contributed by atoms with Crippen LogP contribution in [0.1, 0.15) is 29.1 Å². The van der Waals surface area contributed by atoms with E-state index < -0.39 is 30.1 Å². The Morgan fingerprint density at radius 2 is 1.97 bits per heavy atom. The van der Waals surface area contributed by atoms with Crippen molar-refractivity contribution >= 4 is 34.0 Å². The van der Waals surface area contributed by atoms with Gasteiger partial charge >= 0.3 is 0 Å². The van der Waals surface area contributed by atoms with Crippen LogP contribution in [-0.4, -0.2) is 64.3 Å². The first-order valence-corrected chi connectivity index (χ1v) is 11.6. The third-order valence-electron chi connectivity index (χ3n) is 5.74. The highest BCUT2D eigenvalue weighted by atomic mass is 32.1. The normalized spacial score (nSPS) is 17.9. The maximum atomic E-state index is 12.7. The quantitative estimate of drug-likeness (QED) is 0.394. The van der Waals surface area contributed by atoms with Gasteiger partial charge in [0.1, 0.15) is 0 Å². The summed E-state index contributed by atoms with van der Waals surface area (Å²) in [4.78, 5) is 32.1. The van der Waals surface area contributed by atoms with Crippen molar-refractivity contribution in [1.82, 2.24) is 20.6 Å². The van der Waals surface area contributed by atoms with Crippen molar-refractivity contribution in [2.45, 2.75) is 38.1 Å². The van der Waals surface area contributed by atoms with Gasteiger partial charge in [-0.25, -0.2) is 10.4 Å². The Labute approximate surface area is 195 Å². The van der Waals surface area contributed by atoms with E-state index in [4.69, 9.17) is 0 Å². The van der Waals surface area contributed by atoms with Crippen LogP contribution in [0, 0.1) is 0 Å². The monoisotopic (exact) mass is 472 g/mol. The van der Waals surface area contributed by atoms with Gasteiger partial charge in [0.25, 0.3) is 11.8 Å². The molecule has 0 saturated carbocycles. The summed E-state index contributed by atoms with van der Waals surface area (Å²) >= 11 is 1.45. The molecule has 2 aliphatic heterocycles. The number of benzene rings is 1. The number of aliphatic hydroxyl groups is 2. The summed E-state index contributed by atoms with van der Waals surface area (Å²) in [6.07, 6.45) is 0.793. The minimum Gasteiger partial charge on any atom is -0.380 e. The Morgan fingerprint density at radius 1 is 1.21 bits per heavy atom. The Morgan fingerprint density at radius 3 is 2.64 bits per heavy atom. The van der Waals surface area contributed by atoms with E-state index in [1.807, 2.05) is 41.6 Å². The van der Waals surface area contributed by atoms with Crippen molar-refractivity contribution in [2.24, 2.45) is 0 Å². The van der Waals surface area contributed by atoms with E-state index >= 15 is 0 Å². The zero-order chi connectivity index (χ0) is 23.5. The molecule has 1 aromatic carbocycles. The number of nitrogens with one attached hydrogen (secondary N) is 3. The lowest BCUT2D eigenvalue weighted by Gasteiger charge is -2.29. The van der Waals surface area contributed by atoms with Crippen LogP contribution in [0.2, 0.25) is 0 Å². The predicted molar refractivity (Wildman–Crippen MR) is 125 cm³/mol. The first kappa shape index (κ1) is 23.2. The molecule has 2 aliphatic rings. The number of rotatable bonds is 7. The molecular formula is C22H28N6O4S. The van der Waals surface area contributed by atoms with Gasteiger partial charge in [-0.2, -0.15) is 0 Å². The number of thiazole rings is 1. The molecule has 1 aromatic heterocycles. The van der Waals surface area contributed by atoms with Gasteiger partial charge in [0.15, 0.2) is 17.3 Å². The van der Waals surface area contributed by atoms with Crippen molar-refractivity contribution in [1.29, 1.82) is 0 Å². The fourth-order valence-corrected chi connectivity index (χ4v) is 4.78. The van der Waals surface area contributed by atoms with Crippen molar-refractivity contribution in [3.05, 3.63) is 52.7 Å². The molecule has 2 amide bonds. The minimum absolute atomic E-state index is 0.294. The summed E-state index contributed by atoms with van der Waals surface area (Å²) in [6.45, 7) is 3.21. The summed E-state index contributed by atoms with van der Waals surface area (Å²) in [6, 6.07) is 7.17. The molecule has 4 rings (SSSR count). The average Bonchev–Trinajstić information content (AvgIpc) is 3.52. The molecule has 0 saturated heterocycles. The van der Waals surface area contributed by atoms with Gasteiger partial charge < -0.3 is 25.7 Å². The van der Waals surface area contributed by atoms with E-state index in [1.165, 1.54) is 16.2 Å². The SMILES string of the molecule is CNc1nc2c(s1)CN(C(=O)[C@H](O)[C@@H](O)C(=O)N[C@H](C)c1ccc(N3C=CCN3)cc1)CC2. The van der Waals surface area contributed by atoms with Crippen molar-refractivity contribution in [2.75, 3.05) is 30.5 Å². The molecule has 176 valence electrons. The predicted octanol–water partition coefficient (Wildman–Crippen LogP) is 0.507. The number of hydrazine groups is 1. The van der Waals surface area contributed by atoms with Crippen molar-refractivity contribution in [3.8, 4) is 0 Å². The lowest BCUT2D eigenvalue weighted by Crippen LogP contribution is -2.51. The highest BCUT2D eigenvalue weighted by Crippen LogP contribution is 2.28. The molecule has 2 aromatic rings. The Kier molecular flexibility index (Phi) is 6.94. The lowest BCUT2D eigenvalue weighted by molar-refractivity contribution is -0.154. The number of nitrogens with zero attached hydrogens (tertiary/aromatic N) is 3. The number of hydrogen-bond donors (Lipinski definition) is 5. The third-order valence-corrected chi connectivity index (χ3v) is 6.84. The maximum absolute atomic E-state index is 12.7. The second kappa shape index (κ2) is 9.87. The van der Waals surface area contributed by atoms with Crippen LogP contribution >= 0.6 is 11.3 Å². The van der Waals surface area contributed by atoms with Crippen LogP contribution in [0.15, 0.2) is 36.5 Å². The molecular weight excluding hydrogens is 444 g/mol. The number of aliphatic hydroxyl groups excluding tert-OH is 2. The second-order valence-electron chi connectivity index (χ2n) is 7.98. The van der Waals surface area contributed by atoms with E-state index in [2.05, 4.69) is 21.0 Å². The molecule has 33 heavy (non-hydrogen) atoms. The van der Waals surface area contributed by atoms with Gasteiger partial charge in [-0.15, -0.1) is 0 Å². The Bertz CT molecular complexity index is 1040. The molecule has 3 atom stereocenters. The van der Waals surface area contributed by atoms with E-state index in [1.54, 1.807) is 14.0 Å². The first-order valence-electron chi connectivity index (χ1n) is 10.8. The van der Waals surface area contributed by atoms with Gasteiger partial charge in [-0.3, -0.25) is 14.6 Å². The third kappa shape index (κ3) is 5.01. The number of fused-ring (bicyclic) bond motifs is 1. The van der Waals surface area contributed by atoms with Gasteiger partial charge in [0.05, 0.1) is 24.0 Å². The first-order chi connectivity index (χ1) is 15.9. The number of carbonyl (C=O) groups excluding carboxylic acids is 2. The molecule has 0 bridgehead atoms. The van der Waals surface area contributed by atoms with Gasteiger partial charge in [-0.05, 0) is 24.6 Å². The molecule has 0 spiro atoms. The van der Waals surface area contributed by atoms with Crippen molar-refractivity contribution in [3.63, 3.8) is 0 Å². The van der Waals surface area contributed by atoms with Crippen LogP contribution in [0.5, 0.6) is 0 Å². The van der Waals surface area contributed by atoms with E-state index in [0.717, 1.165) is 33.5 Å². The Balaban J connectivity index is 1.33. The van der Waals surface area contributed by atoms with Crippen LogP contribution in [0.25, 0.3) is 0 Å². The van der Waals surface area contributed by atoms with E-state index in [0.29, 0.717) is 19.5 Å². The average molecular weight is 473 g/mol. The highest BCUT2D eigenvalue weighted by Gasteiger charge is 2.35. The molecule has 0 radical (unpaired) electrons. The van der Waals surface area contributed by atoms with Crippen LogP contribution < -0.4 is 21.1 Å². The molecule has 3 heterocycles. The second-order valence-corrected chi connectivity index (χ2v) is 9.06. The molecule has 10 nitrogen and oxygen atoms in total. The van der Waals surface area contributed by atoms with Gasteiger partial charge in [0, 0.05) is 37.6 Å². The molecule has 0 fully saturated rings. The van der Waals surface area contributed by atoms with Crippen LogP contribution in [0.4, 0.5) is 10.8 Å². The largest absolute Gasteiger partial charge is 0.380 e. The molecule has 0 unspecified atom stereocenters. The maximum Gasteiger partial charge on any atom is 0.255 e. The topological polar surface area (TPSA) is 130 Å². The zero-order valence-corrected chi connectivity index (χ0v) is 19.3. The summed E-state index contributed by atoms with van der Waals surface area (Å²) in [5.74, 6) is -1.48. The zero-order valence-electron chi connectivity index (χ0n) is 18.5. The smallest absolute Gasteiger partial charge is 0.255 e. The van der Waals surface area contributed by atoms with Crippen molar-refractivity contribution < 1.29 is 19.8 Å². The number of hydrogen-bond acceptors (Lipinski definition) is 9. The Hall–Kier alpha value is -2.99. The summed E-state index contributed by atoms with van der Waals surface area (Å²) in [7, 11) is 1.78. The standard InChI is InChI=1S/C22H28N6O4S/c1-13(14-4-6-15(7-5-14)28-10-3-9-24-28)25-20(31)18(29)19(30)21(32)27-11-8-16-17(12-27)33-22(23-2)26-16/h3-7,10,13,18-19,24,29-30H,8-9,11-12H2,1-2H3,(H,23,26)(H,25,31)/t13-,18-,19-/m1/s1.